The molecular weight excluding hydrogens is 456 g/mol. The molecular formula is C25H29F2N5O3. The molecule has 0 bridgehead atoms. The Morgan fingerprint density at radius 3 is 2.46 bits per heavy atom. The fourth-order valence-corrected chi connectivity index (χ4v) is 3.75. The number of amides is 1. The van der Waals surface area contributed by atoms with Gasteiger partial charge in [-0.05, 0) is 25.1 Å². The maximum atomic E-state index is 14.1. The Balaban J connectivity index is 1.95. The lowest BCUT2D eigenvalue weighted by Crippen LogP contribution is -2.44. The van der Waals surface area contributed by atoms with Gasteiger partial charge in [0.05, 0.1) is 13.1 Å². The molecule has 0 aliphatic heterocycles. The minimum atomic E-state index is -0.767. The third-order valence-electron chi connectivity index (χ3n) is 5.56. The van der Waals surface area contributed by atoms with Crippen LogP contribution in [0.15, 0.2) is 58.1 Å². The van der Waals surface area contributed by atoms with Gasteiger partial charge >= 0.3 is 5.69 Å². The molecule has 0 atom stereocenters. The number of carbonyl (C=O) groups excluding carboxylic acids is 1. The zero-order chi connectivity index (χ0) is 25.5. The van der Waals surface area contributed by atoms with Crippen LogP contribution in [-0.4, -0.2) is 34.0 Å². The van der Waals surface area contributed by atoms with Crippen molar-refractivity contribution in [2.24, 2.45) is 0 Å². The molecule has 0 saturated carbocycles. The fraction of sp³-hybridized carbons (Fsp3) is 0.320. The number of benzene rings is 2. The van der Waals surface area contributed by atoms with Crippen molar-refractivity contribution >= 4 is 17.4 Å². The maximum Gasteiger partial charge on any atom is 0.330 e. The SMILES string of the molecule is CCCCn1c(N)c(N(Cc2ccccc2)C(=O)CN(C)Cc2ccc(F)cc2F)c(=O)[nH]c1=O. The summed E-state index contributed by atoms with van der Waals surface area (Å²) in [5.41, 5.74) is 5.71. The van der Waals surface area contributed by atoms with E-state index in [0.717, 1.165) is 24.1 Å². The Kier molecular flexibility index (Phi) is 8.53. The van der Waals surface area contributed by atoms with Gasteiger partial charge in [0.2, 0.25) is 5.91 Å². The first-order valence-electron chi connectivity index (χ1n) is 11.3. The van der Waals surface area contributed by atoms with Gasteiger partial charge in [-0.2, -0.15) is 0 Å². The zero-order valence-electron chi connectivity index (χ0n) is 19.8. The number of aromatic nitrogens is 2. The second-order valence-corrected chi connectivity index (χ2v) is 8.37. The predicted molar refractivity (Wildman–Crippen MR) is 131 cm³/mol. The zero-order valence-corrected chi connectivity index (χ0v) is 19.8. The summed E-state index contributed by atoms with van der Waals surface area (Å²) in [5, 5.41) is 0. The summed E-state index contributed by atoms with van der Waals surface area (Å²) >= 11 is 0. The first-order valence-corrected chi connectivity index (χ1v) is 11.3. The normalized spacial score (nSPS) is 11.1. The molecule has 10 heteroatoms. The van der Waals surface area contributed by atoms with Crippen LogP contribution in [-0.2, 0) is 24.4 Å². The Bertz CT molecular complexity index is 1290. The van der Waals surface area contributed by atoms with Gasteiger partial charge in [0, 0.05) is 24.7 Å². The summed E-state index contributed by atoms with van der Waals surface area (Å²) in [4.78, 5) is 43.7. The molecule has 186 valence electrons. The molecule has 8 nitrogen and oxygen atoms in total. The lowest BCUT2D eigenvalue weighted by atomic mass is 10.2. The topological polar surface area (TPSA) is 104 Å². The second-order valence-electron chi connectivity index (χ2n) is 8.37. The molecule has 0 saturated heterocycles. The van der Waals surface area contributed by atoms with E-state index in [0.29, 0.717) is 13.0 Å². The van der Waals surface area contributed by atoms with Gasteiger partial charge in [-0.3, -0.25) is 28.9 Å². The molecule has 3 rings (SSSR count). The number of nitrogens with one attached hydrogen (secondary N) is 1. The number of halogens is 2. The molecule has 0 unspecified atom stereocenters. The molecule has 0 aliphatic carbocycles. The minimum absolute atomic E-state index is 0.0394. The summed E-state index contributed by atoms with van der Waals surface area (Å²) in [7, 11) is 1.61. The van der Waals surface area contributed by atoms with Crippen LogP contribution >= 0.6 is 0 Å². The van der Waals surface area contributed by atoms with E-state index in [-0.39, 0.29) is 36.7 Å². The number of rotatable bonds is 10. The van der Waals surface area contributed by atoms with Crippen LogP contribution in [0.2, 0.25) is 0 Å². The highest BCUT2D eigenvalue weighted by atomic mass is 19.1. The van der Waals surface area contributed by atoms with Crippen LogP contribution in [0, 0.1) is 11.6 Å². The monoisotopic (exact) mass is 485 g/mol. The van der Waals surface area contributed by atoms with Crippen LogP contribution in [0.25, 0.3) is 0 Å². The van der Waals surface area contributed by atoms with E-state index >= 15 is 0 Å². The summed E-state index contributed by atoms with van der Waals surface area (Å²) in [5.74, 6) is -1.97. The van der Waals surface area contributed by atoms with Crippen LogP contribution in [0.5, 0.6) is 0 Å². The molecule has 35 heavy (non-hydrogen) atoms. The van der Waals surface area contributed by atoms with Crippen LogP contribution < -0.4 is 21.9 Å². The number of nitrogen functional groups attached to an aromatic ring is 1. The van der Waals surface area contributed by atoms with E-state index in [9.17, 15) is 23.2 Å². The van der Waals surface area contributed by atoms with Crippen molar-refractivity contribution in [1.82, 2.24) is 14.5 Å². The Morgan fingerprint density at radius 1 is 1.09 bits per heavy atom. The number of aromatic amines is 1. The molecule has 2 aromatic carbocycles. The van der Waals surface area contributed by atoms with Crippen molar-refractivity contribution in [2.45, 2.75) is 39.4 Å². The van der Waals surface area contributed by atoms with Crippen molar-refractivity contribution in [3.63, 3.8) is 0 Å². The molecule has 1 aromatic heterocycles. The lowest BCUT2D eigenvalue weighted by molar-refractivity contribution is -0.119. The van der Waals surface area contributed by atoms with E-state index in [1.807, 2.05) is 13.0 Å². The number of hydrogen-bond acceptors (Lipinski definition) is 5. The first-order chi connectivity index (χ1) is 16.7. The molecule has 3 aromatic rings. The largest absolute Gasteiger partial charge is 0.383 e. The molecule has 1 amide bonds. The van der Waals surface area contributed by atoms with Crippen molar-refractivity contribution in [1.29, 1.82) is 0 Å². The quantitative estimate of drug-likeness (QED) is 0.460. The first kappa shape index (κ1) is 25.8. The second kappa shape index (κ2) is 11.6. The number of likely N-dealkylation sites (N-methyl/N-ethyl adjacent to an activating group) is 1. The van der Waals surface area contributed by atoms with Gasteiger partial charge in [-0.1, -0.05) is 49.7 Å². The summed E-state index contributed by atoms with van der Waals surface area (Å²) in [6, 6.07) is 12.3. The highest BCUT2D eigenvalue weighted by molar-refractivity contribution is 5.96. The summed E-state index contributed by atoms with van der Waals surface area (Å²) < 4.78 is 28.6. The predicted octanol–water partition coefficient (Wildman–Crippen LogP) is 2.86. The maximum absolute atomic E-state index is 14.1. The number of carbonyl (C=O) groups is 1. The van der Waals surface area contributed by atoms with Crippen LogP contribution in [0.1, 0.15) is 30.9 Å². The fourth-order valence-electron chi connectivity index (χ4n) is 3.75. The molecule has 3 N–H and O–H groups in total. The number of nitrogens with zero attached hydrogens (tertiary/aromatic N) is 3. The number of hydrogen-bond donors (Lipinski definition) is 2. The van der Waals surface area contributed by atoms with Gasteiger partial charge in [-0.15, -0.1) is 0 Å². The standard InChI is InChI=1S/C25H29F2N5O3/c1-3-4-12-31-23(28)22(24(34)29-25(31)35)32(14-17-8-6-5-7-9-17)21(33)16-30(2)15-18-10-11-19(26)13-20(18)27/h5-11,13H,3-4,12,14-16,28H2,1-2H3,(H,29,34,35). The van der Waals surface area contributed by atoms with Crippen molar-refractivity contribution in [3.8, 4) is 0 Å². The number of anilines is 2. The van der Waals surface area contributed by atoms with Gasteiger partial charge < -0.3 is 5.73 Å². The van der Waals surface area contributed by atoms with E-state index in [2.05, 4.69) is 4.98 Å². The molecule has 0 fully saturated rings. The van der Waals surface area contributed by atoms with E-state index in [1.165, 1.54) is 15.5 Å². The van der Waals surface area contributed by atoms with E-state index in [4.69, 9.17) is 5.73 Å². The Labute approximate surface area is 201 Å². The van der Waals surface area contributed by atoms with Crippen molar-refractivity contribution < 1.29 is 13.6 Å². The molecule has 0 radical (unpaired) electrons. The molecule has 1 heterocycles. The molecule has 0 aliphatic rings. The lowest BCUT2D eigenvalue weighted by Gasteiger charge is -2.27. The van der Waals surface area contributed by atoms with Gasteiger partial charge in [-0.25, -0.2) is 13.6 Å². The Hall–Kier alpha value is -3.79. The average Bonchev–Trinajstić information content (AvgIpc) is 2.80. The van der Waals surface area contributed by atoms with Crippen LogP contribution in [0.3, 0.4) is 0 Å². The summed E-state index contributed by atoms with van der Waals surface area (Å²) in [6.07, 6.45) is 1.46. The number of H-pyrrole nitrogens is 1. The van der Waals surface area contributed by atoms with Gasteiger partial charge in [0.1, 0.15) is 17.5 Å². The highest BCUT2D eigenvalue weighted by Gasteiger charge is 2.25. The smallest absolute Gasteiger partial charge is 0.330 e. The number of nitrogens with two attached hydrogens (primary N) is 1. The Morgan fingerprint density at radius 2 is 1.80 bits per heavy atom. The van der Waals surface area contributed by atoms with Crippen molar-refractivity contribution in [2.75, 3.05) is 24.2 Å². The number of unbranched alkanes of at least 4 members (excludes halogenated alkanes) is 1. The van der Waals surface area contributed by atoms with Gasteiger partial charge in [0.15, 0.2) is 5.69 Å². The third-order valence-corrected chi connectivity index (χ3v) is 5.56. The third kappa shape index (κ3) is 6.42. The van der Waals surface area contributed by atoms with Crippen molar-refractivity contribution in [3.05, 3.63) is 92.1 Å². The van der Waals surface area contributed by atoms with Gasteiger partial charge in [0.25, 0.3) is 5.56 Å². The van der Waals surface area contributed by atoms with E-state index in [1.54, 1.807) is 36.2 Å². The van der Waals surface area contributed by atoms with E-state index < -0.39 is 28.8 Å². The highest BCUT2D eigenvalue weighted by Crippen LogP contribution is 2.21. The van der Waals surface area contributed by atoms with Crippen LogP contribution in [0.4, 0.5) is 20.3 Å². The summed E-state index contributed by atoms with van der Waals surface area (Å²) in [6.45, 7) is 2.15. The molecule has 0 spiro atoms. The minimum Gasteiger partial charge on any atom is -0.383 e. The average molecular weight is 486 g/mol.